The SMILES string of the molecule is CN(Cc1ccncc1F)C1CCC(N)C1. The zero-order valence-electron chi connectivity index (χ0n) is 9.56. The lowest BCUT2D eigenvalue weighted by atomic mass is 10.2. The quantitative estimate of drug-likeness (QED) is 0.845. The third kappa shape index (κ3) is 2.57. The zero-order valence-corrected chi connectivity index (χ0v) is 9.56. The van der Waals surface area contributed by atoms with Gasteiger partial charge in [-0.2, -0.15) is 0 Å². The van der Waals surface area contributed by atoms with Crippen molar-refractivity contribution in [3.8, 4) is 0 Å². The van der Waals surface area contributed by atoms with Gasteiger partial charge >= 0.3 is 0 Å². The van der Waals surface area contributed by atoms with Gasteiger partial charge < -0.3 is 5.73 Å². The minimum absolute atomic E-state index is 0.225. The molecule has 1 heterocycles. The number of nitrogens with two attached hydrogens (primary N) is 1. The van der Waals surface area contributed by atoms with Crippen molar-refractivity contribution >= 4 is 0 Å². The monoisotopic (exact) mass is 223 g/mol. The molecule has 3 nitrogen and oxygen atoms in total. The lowest BCUT2D eigenvalue weighted by molar-refractivity contribution is 0.232. The maximum Gasteiger partial charge on any atom is 0.145 e. The molecule has 1 fully saturated rings. The van der Waals surface area contributed by atoms with E-state index in [1.807, 2.05) is 7.05 Å². The van der Waals surface area contributed by atoms with Crippen molar-refractivity contribution in [3.63, 3.8) is 0 Å². The Bertz CT molecular complexity index is 356. The van der Waals surface area contributed by atoms with Crippen molar-refractivity contribution in [3.05, 3.63) is 29.8 Å². The molecular formula is C12H18FN3. The summed E-state index contributed by atoms with van der Waals surface area (Å²) in [5.41, 5.74) is 6.58. The predicted molar refractivity (Wildman–Crippen MR) is 61.3 cm³/mol. The Morgan fingerprint density at radius 3 is 3.00 bits per heavy atom. The summed E-state index contributed by atoms with van der Waals surface area (Å²) in [6, 6.07) is 2.54. The summed E-state index contributed by atoms with van der Waals surface area (Å²) in [7, 11) is 2.03. The fraction of sp³-hybridized carbons (Fsp3) is 0.583. The molecule has 0 saturated heterocycles. The van der Waals surface area contributed by atoms with Gasteiger partial charge in [0.25, 0.3) is 0 Å². The number of pyridine rings is 1. The van der Waals surface area contributed by atoms with Gasteiger partial charge in [0, 0.05) is 30.4 Å². The van der Waals surface area contributed by atoms with Crippen molar-refractivity contribution in [2.24, 2.45) is 5.73 Å². The van der Waals surface area contributed by atoms with Crippen LogP contribution in [-0.4, -0.2) is 29.0 Å². The normalized spacial score (nSPS) is 25.2. The summed E-state index contributed by atoms with van der Waals surface area (Å²) in [5.74, 6) is -0.225. The first-order valence-corrected chi connectivity index (χ1v) is 5.71. The number of hydrogen-bond acceptors (Lipinski definition) is 3. The van der Waals surface area contributed by atoms with Crippen molar-refractivity contribution in [2.45, 2.75) is 37.9 Å². The molecule has 1 aliphatic rings. The van der Waals surface area contributed by atoms with Gasteiger partial charge in [-0.25, -0.2) is 4.39 Å². The van der Waals surface area contributed by atoms with Gasteiger partial charge in [-0.15, -0.1) is 0 Å². The second-order valence-electron chi connectivity index (χ2n) is 4.61. The zero-order chi connectivity index (χ0) is 11.5. The van der Waals surface area contributed by atoms with Crippen LogP contribution in [0.5, 0.6) is 0 Å². The first-order valence-electron chi connectivity index (χ1n) is 5.71. The molecule has 0 bridgehead atoms. The van der Waals surface area contributed by atoms with E-state index >= 15 is 0 Å². The fourth-order valence-corrected chi connectivity index (χ4v) is 2.32. The van der Waals surface area contributed by atoms with E-state index in [1.54, 1.807) is 12.3 Å². The Labute approximate surface area is 95.5 Å². The molecule has 16 heavy (non-hydrogen) atoms. The molecule has 88 valence electrons. The molecule has 4 heteroatoms. The number of aromatic nitrogens is 1. The predicted octanol–water partition coefficient (Wildman–Crippen LogP) is 1.53. The summed E-state index contributed by atoms with van der Waals surface area (Å²) < 4.78 is 13.4. The second-order valence-corrected chi connectivity index (χ2v) is 4.61. The third-order valence-electron chi connectivity index (χ3n) is 3.35. The molecule has 2 unspecified atom stereocenters. The largest absolute Gasteiger partial charge is 0.328 e. The Balaban J connectivity index is 1.97. The number of hydrogen-bond donors (Lipinski definition) is 1. The highest BCUT2D eigenvalue weighted by molar-refractivity contribution is 5.12. The maximum atomic E-state index is 13.4. The van der Waals surface area contributed by atoms with Crippen LogP contribution in [0.15, 0.2) is 18.5 Å². The average molecular weight is 223 g/mol. The molecular weight excluding hydrogens is 205 g/mol. The van der Waals surface area contributed by atoms with Crippen LogP contribution in [0, 0.1) is 5.82 Å². The van der Waals surface area contributed by atoms with Gasteiger partial charge in [0.05, 0.1) is 6.20 Å². The average Bonchev–Trinajstić information content (AvgIpc) is 2.68. The van der Waals surface area contributed by atoms with Gasteiger partial charge in [0.2, 0.25) is 0 Å². The van der Waals surface area contributed by atoms with Crippen LogP contribution in [0.4, 0.5) is 4.39 Å². The Hall–Kier alpha value is -1.00. The van der Waals surface area contributed by atoms with Gasteiger partial charge in [0.15, 0.2) is 0 Å². The summed E-state index contributed by atoms with van der Waals surface area (Å²) in [6.45, 7) is 0.631. The summed E-state index contributed by atoms with van der Waals surface area (Å²) in [5, 5.41) is 0. The van der Waals surface area contributed by atoms with Gasteiger partial charge in [-0.05, 0) is 32.4 Å². The lowest BCUT2D eigenvalue weighted by Gasteiger charge is -2.24. The minimum atomic E-state index is -0.225. The molecule has 0 spiro atoms. The maximum absolute atomic E-state index is 13.4. The van der Waals surface area contributed by atoms with E-state index in [9.17, 15) is 4.39 Å². The van der Waals surface area contributed by atoms with E-state index in [1.165, 1.54) is 6.20 Å². The Morgan fingerprint density at radius 2 is 2.38 bits per heavy atom. The molecule has 0 amide bonds. The minimum Gasteiger partial charge on any atom is -0.328 e. The number of halogens is 1. The van der Waals surface area contributed by atoms with E-state index in [0.29, 0.717) is 24.2 Å². The van der Waals surface area contributed by atoms with E-state index in [0.717, 1.165) is 19.3 Å². The fourth-order valence-electron chi connectivity index (χ4n) is 2.32. The van der Waals surface area contributed by atoms with Crippen molar-refractivity contribution in [1.29, 1.82) is 0 Å². The number of rotatable bonds is 3. The van der Waals surface area contributed by atoms with E-state index in [4.69, 9.17) is 5.73 Å². The molecule has 1 aliphatic carbocycles. The number of nitrogens with zero attached hydrogens (tertiary/aromatic N) is 2. The van der Waals surface area contributed by atoms with Gasteiger partial charge in [0.1, 0.15) is 5.82 Å². The molecule has 2 atom stereocenters. The van der Waals surface area contributed by atoms with Crippen LogP contribution in [0.25, 0.3) is 0 Å². The van der Waals surface area contributed by atoms with Crippen LogP contribution in [0.3, 0.4) is 0 Å². The molecule has 1 aromatic heterocycles. The van der Waals surface area contributed by atoms with Crippen LogP contribution in [0.1, 0.15) is 24.8 Å². The first kappa shape index (κ1) is 11.5. The van der Waals surface area contributed by atoms with Crippen LogP contribution >= 0.6 is 0 Å². The van der Waals surface area contributed by atoms with Crippen LogP contribution < -0.4 is 5.73 Å². The molecule has 0 aromatic carbocycles. The smallest absolute Gasteiger partial charge is 0.145 e. The lowest BCUT2D eigenvalue weighted by Crippen LogP contribution is -2.30. The standard InChI is InChI=1S/C12H18FN3/c1-16(11-3-2-10(14)6-11)8-9-4-5-15-7-12(9)13/h4-5,7,10-11H,2-3,6,8,14H2,1H3. The molecule has 2 N–H and O–H groups in total. The molecule has 0 radical (unpaired) electrons. The van der Waals surface area contributed by atoms with Crippen LogP contribution in [-0.2, 0) is 6.54 Å². The van der Waals surface area contributed by atoms with E-state index in [-0.39, 0.29) is 5.82 Å². The molecule has 0 aliphatic heterocycles. The topological polar surface area (TPSA) is 42.2 Å². The molecule has 1 saturated carbocycles. The van der Waals surface area contributed by atoms with Crippen molar-refractivity contribution in [1.82, 2.24) is 9.88 Å². The van der Waals surface area contributed by atoms with Crippen LogP contribution in [0.2, 0.25) is 0 Å². The highest BCUT2D eigenvalue weighted by Crippen LogP contribution is 2.23. The third-order valence-corrected chi connectivity index (χ3v) is 3.35. The first-order chi connectivity index (χ1) is 7.66. The summed E-state index contributed by atoms with van der Waals surface area (Å²) in [6.07, 6.45) is 6.11. The van der Waals surface area contributed by atoms with Gasteiger partial charge in [-0.1, -0.05) is 0 Å². The van der Waals surface area contributed by atoms with E-state index < -0.39 is 0 Å². The second kappa shape index (κ2) is 4.89. The van der Waals surface area contributed by atoms with Gasteiger partial charge in [-0.3, -0.25) is 9.88 Å². The Morgan fingerprint density at radius 1 is 1.56 bits per heavy atom. The summed E-state index contributed by atoms with van der Waals surface area (Å²) >= 11 is 0. The molecule has 2 rings (SSSR count). The highest BCUT2D eigenvalue weighted by Gasteiger charge is 2.25. The molecule has 1 aromatic rings. The summed E-state index contributed by atoms with van der Waals surface area (Å²) in [4.78, 5) is 5.93. The highest BCUT2D eigenvalue weighted by atomic mass is 19.1. The van der Waals surface area contributed by atoms with Crippen molar-refractivity contribution < 1.29 is 4.39 Å². The Kier molecular flexibility index (Phi) is 3.51. The van der Waals surface area contributed by atoms with E-state index in [2.05, 4.69) is 9.88 Å². The van der Waals surface area contributed by atoms with Crippen molar-refractivity contribution in [2.75, 3.05) is 7.05 Å².